The predicted octanol–water partition coefficient (Wildman–Crippen LogP) is 3.25. The Bertz CT molecular complexity index is 733. The number of ether oxygens (including phenoxy) is 1. The molecule has 1 atom stereocenters. The maximum Gasteiger partial charge on any atom is 0.310 e. The molecule has 130 valence electrons. The van der Waals surface area contributed by atoms with Crippen LogP contribution in [0.5, 0.6) is 0 Å². The fourth-order valence-electron chi connectivity index (χ4n) is 3.25. The van der Waals surface area contributed by atoms with E-state index in [4.69, 9.17) is 17.0 Å². The van der Waals surface area contributed by atoms with Gasteiger partial charge in [0, 0.05) is 12.2 Å². The van der Waals surface area contributed by atoms with Gasteiger partial charge in [-0.1, -0.05) is 12.2 Å². The normalized spacial score (nSPS) is 18.2. The first-order chi connectivity index (χ1) is 11.4. The summed E-state index contributed by atoms with van der Waals surface area (Å²) in [5.41, 5.74) is 3.71. The van der Waals surface area contributed by atoms with Gasteiger partial charge in [-0.2, -0.15) is 5.26 Å². The zero-order chi connectivity index (χ0) is 17.9. The second-order valence-corrected chi connectivity index (χ2v) is 6.75. The van der Waals surface area contributed by atoms with E-state index in [-0.39, 0.29) is 11.9 Å². The number of hydrogen-bond donors (Lipinski definition) is 0. The summed E-state index contributed by atoms with van der Waals surface area (Å²) in [5, 5.41) is 9.41. The zero-order valence-corrected chi connectivity index (χ0v) is 15.7. The molecule has 0 radical (unpaired) electrons. The van der Waals surface area contributed by atoms with Gasteiger partial charge in [0.05, 0.1) is 24.8 Å². The van der Waals surface area contributed by atoms with Crippen LogP contribution in [-0.2, 0) is 16.2 Å². The number of piperidine rings is 1. The molecule has 0 bridgehead atoms. The molecular weight excluding hydrogens is 322 g/mol. The Morgan fingerprint density at radius 1 is 1.38 bits per heavy atom. The maximum absolute atomic E-state index is 12.0. The molecule has 0 N–H and O–H groups in total. The standard InChI is InChI=1S/C18H25N3O2S/c1-5-23-18(22)15-7-6-8-20(10-15)11-21-14(4)12(2)13(3)16(9-19)17(21)24/h15H,5-8,10-11H2,1-4H3/t15-/m1/s1. The van der Waals surface area contributed by atoms with Crippen LogP contribution < -0.4 is 0 Å². The minimum absolute atomic E-state index is 0.0739. The number of aromatic nitrogens is 1. The number of nitrogens with zero attached hydrogens (tertiary/aromatic N) is 3. The van der Waals surface area contributed by atoms with Gasteiger partial charge in [0.15, 0.2) is 0 Å². The van der Waals surface area contributed by atoms with Crippen LogP contribution in [0.15, 0.2) is 0 Å². The lowest BCUT2D eigenvalue weighted by atomic mass is 9.98. The minimum atomic E-state index is -0.111. The summed E-state index contributed by atoms with van der Waals surface area (Å²) in [5.74, 6) is -0.185. The summed E-state index contributed by atoms with van der Waals surface area (Å²) in [6.07, 6.45) is 1.84. The molecule has 0 saturated carbocycles. The number of pyridine rings is 1. The minimum Gasteiger partial charge on any atom is -0.466 e. The maximum atomic E-state index is 12.0. The molecule has 1 saturated heterocycles. The van der Waals surface area contributed by atoms with E-state index >= 15 is 0 Å². The number of carbonyl (C=O) groups excluding carboxylic acids is 1. The van der Waals surface area contributed by atoms with E-state index in [0.717, 1.165) is 36.2 Å². The van der Waals surface area contributed by atoms with Crippen LogP contribution >= 0.6 is 12.2 Å². The van der Waals surface area contributed by atoms with Crippen molar-refractivity contribution in [3.05, 3.63) is 27.0 Å². The largest absolute Gasteiger partial charge is 0.466 e. The Balaban J connectivity index is 2.25. The Kier molecular flexibility index (Phi) is 6.14. The summed E-state index contributed by atoms with van der Waals surface area (Å²) < 4.78 is 7.76. The van der Waals surface area contributed by atoms with Gasteiger partial charge in [0.2, 0.25) is 0 Å². The first-order valence-corrected chi connectivity index (χ1v) is 8.81. The third-order valence-corrected chi connectivity index (χ3v) is 5.35. The molecule has 24 heavy (non-hydrogen) atoms. The van der Waals surface area contributed by atoms with Crippen molar-refractivity contribution in [2.45, 2.75) is 47.2 Å². The highest BCUT2D eigenvalue weighted by Crippen LogP contribution is 2.22. The van der Waals surface area contributed by atoms with Crippen molar-refractivity contribution >= 4 is 18.2 Å². The highest BCUT2D eigenvalue weighted by Gasteiger charge is 2.27. The fourth-order valence-corrected chi connectivity index (χ4v) is 3.64. The molecule has 5 nitrogen and oxygen atoms in total. The number of hydrogen-bond acceptors (Lipinski definition) is 5. The van der Waals surface area contributed by atoms with Crippen molar-refractivity contribution in [1.29, 1.82) is 5.26 Å². The van der Waals surface area contributed by atoms with Gasteiger partial charge < -0.3 is 9.30 Å². The highest BCUT2D eigenvalue weighted by atomic mass is 32.1. The number of carbonyl (C=O) groups is 1. The molecule has 1 aromatic rings. The molecule has 1 aliphatic rings. The molecule has 1 aromatic heterocycles. The molecule has 0 aliphatic carbocycles. The summed E-state index contributed by atoms with van der Waals surface area (Å²) in [6.45, 7) is 10.5. The van der Waals surface area contributed by atoms with Crippen LogP contribution in [0.25, 0.3) is 0 Å². The van der Waals surface area contributed by atoms with E-state index in [1.165, 1.54) is 0 Å². The van der Waals surface area contributed by atoms with Gasteiger partial charge in [-0.15, -0.1) is 0 Å². The Morgan fingerprint density at radius 3 is 2.71 bits per heavy atom. The molecule has 2 rings (SSSR count). The van der Waals surface area contributed by atoms with Gasteiger partial charge in [0.25, 0.3) is 0 Å². The molecule has 0 amide bonds. The summed E-state index contributed by atoms with van der Waals surface area (Å²) in [4.78, 5) is 14.2. The molecule has 0 aromatic carbocycles. The Labute approximate surface area is 148 Å². The molecule has 1 fully saturated rings. The van der Waals surface area contributed by atoms with Crippen LogP contribution in [0.2, 0.25) is 0 Å². The van der Waals surface area contributed by atoms with Gasteiger partial charge in [-0.05, 0) is 58.2 Å². The molecule has 0 unspecified atom stereocenters. The highest BCUT2D eigenvalue weighted by molar-refractivity contribution is 7.71. The molecule has 1 aliphatic heterocycles. The van der Waals surface area contributed by atoms with Crippen molar-refractivity contribution in [2.75, 3.05) is 19.7 Å². The quantitative estimate of drug-likeness (QED) is 0.618. The van der Waals surface area contributed by atoms with Crippen molar-refractivity contribution in [2.24, 2.45) is 5.92 Å². The van der Waals surface area contributed by atoms with Crippen molar-refractivity contribution in [1.82, 2.24) is 9.47 Å². The van der Waals surface area contributed by atoms with Crippen LogP contribution in [0.3, 0.4) is 0 Å². The van der Waals surface area contributed by atoms with E-state index in [9.17, 15) is 10.1 Å². The summed E-state index contributed by atoms with van der Waals surface area (Å²) >= 11 is 5.54. The molecule has 0 spiro atoms. The van der Waals surface area contributed by atoms with Gasteiger partial charge in [-0.3, -0.25) is 9.69 Å². The monoisotopic (exact) mass is 347 g/mol. The van der Waals surface area contributed by atoms with Gasteiger partial charge in [-0.25, -0.2) is 0 Å². The van der Waals surface area contributed by atoms with Crippen molar-refractivity contribution in [3.8, 4) is 6.07 Å². The van der Waals surface area contributed by atoms with Crippen molar-refractivity contribution < 1.29 is 9.53 Å². The van der Waals surface area contributed by atoms with Crippen molar-refractivity contribution in [3.63, 3.8) is 0 Å². The second-order valence-electron chi connectivity index (χ2n) is 6.37. The van der Waals surface area contributed by atoms with Crippen LogP contribution in [0.1, 0.15) is 42.1 Å². The first-order valence-electron chi connectivity index (χ1n) is 8.40. The van der Waals surface area contributed by atoms with Crippen LogP contribution in [0.4, 0.5) is 0 Å². The van der Waals surface area contributed by atoms with Gasteiger partial charge in [0.1, 0.15) is 10.7 Å². The zero-order valence-electron chi connectivity index (χ0n) is 14.9. The van der Waals surface area contributed by atoms with E-state index in [1.807, 2.05) is 32.3 Å². The number of nitriles is 1. The molecule has 6 heteroatoms. The Morgan fingerprint density at radius 2 is 2.08 bits per heavy atom. The lowest BCUT2D eigenvalue weighted by molar-refractivity contribution is -0.150. The fraction of sp³-hybridized carbons (Fsp3) is 0.611. The summed E-state index contributed by atoms with van der Waals surface area (Å²) in [7, 11) is 0. The SMILES string of the molecule is CCOC(=O)[C@@H]1CCCN(Cn2c(C)c(C)c(C)c(C#N)c2=S)C1. The van der Waals surface area contributed by atoms with Crippen LogP contribution in [0, 0.1) is 42.7 Å². The van der Waals surface area contributed by atoms with E-state index in [1.54, 1.807) is 0 Å². The second kappa shape index (κ2) is 7.91. The first kappa shape index (κ1) is 18.6. The lowest BCUT2D eigenvalue weighted by Crippen LogP contribution is -2.40. The lowest BCUT2D eigenvalue weighted by Gasteiger charge is -2.33. The van der Waals surface area contributed by atoms with E-state index in [0.29, 0.717) is 30.0 Å². The van der Waals surface area contributed by atoms with Crippen LogP contribution in [-0.4, -0.2) is 35.1 Å². The third-order valence-electron chi connectivity index (χ3n) is 4.92. The Hall–Kier alpha value is -1.71. The average molecular weight is 347 g/mol. The summed E-state index contributed by atoms with van der Waals surface area (Å²) in [6, 6.07) is 2.24. The molecule has 2 heterocycles. The van der Waals surface area contributed by atoms with E-state index in [2.05, 4.69) is 11.0 Å². The van der Waals surface area contributed by atoms with Gasteiger partial charge >= 0.3 is 5.97 Å². The topological polar surface area (TPSA) is 58.3 Å². The third kappa shape index (κ3) is 3.68. The number of likely N-dealkylation sites (tertiary alicyclic amines) is 1. The number of esters is 1. The number of rotatable bonds is 4. The smallest absolute Gasteiger partial charge is 0.310 e. The van der Waals surface area contributed by atoms with E-state index < -0.39 is 0 Å². The molecular formula is C18H25N3O2S. The predicted molar refractivity (Wildman–Crippen MR) is 95.1 cm³/mol. The average Bonchev–Trinajstić information content (AvgIpc) is 2.58.